The molecule has 5 nitrogen and oxygen atoms in total. The molecule has 0 bridgehead atoms. The summed E-state index contributed by atoms with van der Waals surface area (Å²) < 4.78 is 6.94. The summed E-state index contributed by atoms with van der Waals surface area (Å²) in [5, 5.41) is 0.811. The van der Waals surface area contributed by atoms with E-state index in [0.717, 1.165) is 47.8 Å². The zero-order valence-electron chi connectivity index (χ0n) is 13.6. The molecule has 1 aliphatic heterocycles. The third kappa shape index (κ3) is 2.95. The van der Waals surface area contributed by atoms with Crippen LogP contribution in [0.5, 0.6) is 0 Å². The van der Waals surface area contributed by atoms with Crippen LogP contribution >= 0.6 is 11.3 Å². The van der Waals surface area contributed by atoms with Gasteiger partial charge in [-0.05, 0) is 44.3 Å². The number of hydrogen-bond donors (Lipinski definition) is 0. The maximum absolute atomic E-state index is 12.7. The van der Waals surface area contributed by atoms with Crippen molar-refractivity contribution < 1.29 is 9.21 Å². The molecule has 124 valence electrons. The van der Waals surface area contributed by atoms with Gasteiger partial charge in [-0.25, -0.2) is 4.98 Å². The van der Waals surface area contributed by atoms with Crippen LogP contribution in [0.3, 0.4) is 0 Å². The fraction of sp³-hybridized carbons (Fsp3) is 0.333. The first-order valence-electron chi connectivity index (χ1n) is 8.14. The Hall–Kier alpha value is -2.18. The first-order valence-corrected chi connectivity index (χ1v) is 8.96. The predicted octanol–water partition coefficient (Wildman–Crippen LogP) is 3.33. The Labute approximate surface area is 144 Å². The number of fused-ring (bicyclic) bond motifs is 1. The number of thiazole rings is 1. The quantitative estimate of drug-likeness (QED) is 0.717. The van der Waals surface area contributed by atoms with E-state index in [-0.39, 0.29) is 5.91 Å². The maximum atomic E-state index is 12.7. The standard InChI is InChI=1S/C18H19N3O2S/c1-20-9-4-10-21(12-11-20)18(22)15-8-7-14(23-15)17-19-13-5-2-3-6-16(13)24-17/h2-3,5-8H,4,9-12H2,1H3. The molecule has 0 saturated carbocycles. The molecule has 3 heterocycles. The van der Waals surface area contributed by atoms with E-state index in [1.807, 2.05) is 35.2 Å². The molecule has 1 amide bonds. The molecule has 1 aliphatic rings. The van der Waals surface area contributed by atoms with E-state index in [1.165, 1.54) is 0 Å². The highest BCUT2D eigenvalue weighted by Crippen LogP contribution is 2.31. The minimum absolute atomic E-state index is 0.0299. The van der Waals surface area contributed by atoms with E-state index in [4.69, 9.17) is 4.42 Å². The molecular formula is C18H19N3O2S. The SMILES string of the molecule is CN1CCCN(C(=O)c2ccc(-c3nc4ccccc4s3)o2)CC1. The molecule has 3 aromatic rings. The Balaban J connectivity index is 1.56. The molecule has 0 unspecified atom stereocenters. The highest BCUT2D eigenvalue weighted by atomic mass is 32.1. The maximum Gasteiger partial charge on any atom is 0.289 e. The summed E-state index contributed by atoms with van der Waals surface area (Å²) in [5.74, 6) is 1.03. The van der Waals surface area contributed by atoms with Gasteiger partial charge in [-0.3, -0.25) is 4.79 Å². The zero-order chi connectivity index (χ0) is 16.5. The zero-order valence-corrected chi connectivity index (χ0v) is 14.4. The summed E-state index contributed by atoms with van der Waals surface area (Å²) in [6.45, 7) is 3.45. The third-order valence-corrected chi connectivity index (χ3v) is 5.38. The number of likely N-dealkylation sites (N-methyl/N-ethyl adjacent to an activating group) is 1. The molecule has 4 rings (SSSR count). The van der Waals surface area contributed by atoms with Crippen LogP contribution in [0.1, 0.15) is 17.0 Å². The van der Waals surface area contributed by atoms with Crippen LogP contribution < -0.4 is 0 Å². The monoisotopic (exact) mass is 341 g/mol. The molecular weight excluding hydrogens is 322 g/mol. The number of furan rings is 1. The van der Waals surface area contributed by atoms with Crippen LogP contribution in [0, 0.1) is 0 Å². The smallest absolute Gasteiger partial charge is 0.289 e. The van der Waals surface area contributed by atoms with E-state index in [0.29, 0.717) is 11.5 Å². The first-order chi connectivity index (χ1) is 11.7. The van der Waals surface area contributed by atoms with Crippen LogP contribution in [-0.2, 0) is 0 Å². The minimum Gasteiger partial charge on any atom is -0.448 e. The molecule has 0 N–H and O–H groups in total. The summed E-state index contributed by atoms with van der Waals surface area (Å²) in [5.41, 5.74) is 0.956. The highest BCUT2D eigenvalue weighted by Gasteiger charge is 2.22. The van der Waals surface area contributed by atoms with Gasteiger partial charge in [0.1, 0.15) is 0 Å². The van der Waals surface area contributed by atoms with E-state index in [1.54, 1.807) is 17.4 Å². The van der Waals surface area contributed by atoms with E-state index >= 15 is 0 Å². The van der Waals surface area contributed by atoms with Gasteiger partial charge in [0.15, 0.2) is 16.5 Å². The average Bonchev–Trinajstić information content (AvgIpc) is 3.18. The Kier molecular flexibility index (Phi) is 4.08. The Bertz CT molecular complexity index is 837. The fourth-order valence-electron chi connectivity index (χ4n) is 2.95. The number of hydrogen-bond acceptors (Lipinski definition) is 5. The van der Waals surface area contributed by atoms with Crippen molar-refractivity contribution in [2.24, 2.45) is 0 Å². The molecule has 2 aromatic heterocycles. The van der Waals surface area contributed by atoms with E-state index < -0.39 is 0 Å². The number of para-hydroxylation sites is 1. The predicted molar refractivity (Wildman–Crippen MR) is 95.3 cm³/mol. The number of amides is 1. The molecule has 0 aliphatic carbocycles. The molecule has 1 saturated heterocycles. The van der Waals surface area contributed by atoms with Gasteiger partial charge in [0.2, 0.25) is 0 Å². The summed E-state index contributed by atoms with van der Waals surface area (Å²) >= 11 is 1.58. The van der Waals surface area contributed by atoms with Gasteiger partial charge < -0.3 is 14.2 Å². The molecule has 1 fully saturated rings. The number of rotatable bonds is 2. The van der Waals surface area contributed by atoms with Crippen LogP contribution in [0.4, 0.5) is 0 Å². The van der Waals surface area contributed by atoms with Gasteiger partial charge in [0, 0.05) is 19.6 Å². The van der Waals surface area contributed by atoms with Crippen LogP contribution in [0.25, 0.3) is 21.0 Å². The molecule has 1 aromatic carbocycles. The van der Waals surface area contributed by atoms with Gasteiger partial charge in [0.05, 0.1) is 10.2 Å². The number of nitrogens with zero attached hydrogens (tertiary/aromatic N) is 3. The van der Waals surface area contributed by atoms with Gasteiger partial charge in [-0.15, -0.1) is 11.3 Å². The van der Waals surface area contributed by atoms with Crippen molar-refractivity contribution in [1.29, 1.82) is 0 Å². The second-order valence-electron chi connectivity index (χ2n) is 6.10. The van der Waals surface area contributed by atoms with Crippen molar-refractivity contribution in [3.05, 3.63) is 42.2 Å². The molecule has 0 atom stereocenters. The van der Waals surface area contributed by atoms with Crippen molar-refractivity contribution in [2.75, 3.05) is 33.2 Å². The van der Waals surface area contributed by atoms with E-state index in [9.17, 15) is 4.79 Å². The second kappa shape index (κ2) is 6.37. The van der Waals surface area contributed by atoms with Crippen molar-refractivity contribution in [3.63, 3.8) is 0 Å². The number of carbonyl (C=O) groups is 1. The molecule has 0 spiro atoms. The average molecular weight is 341 g/mol. The van der Waals surface area contributed by atoms with Gasteiger partial charge >= 0.3 is 0 Å². The van der Waals surface area contributed by atoms with Gasteiger partial charge in [-0.1, -0.05) is 12.1 Å². The molecule has 24 heavy (non-hydrogen) atoms. The van der Waals surface area contributed by atoms with Crippen molar-refractivity contribution in [1.82, 2.24) is 14.8 Å². The molecule has 0 radical (unpaired) electrons. The van der Waals surface area contributed by atoms with Crippen molar-refractivity contribution in [2.45, 2.75) is 6.42 Å². The van der Waals surface area contributed by atoms with Crippen molar-refractivity contribution in [3.8, 4) is 10.8 Å². The largest absolute Gasteiger partial charge is 0.448 e. The summed E-state index contributed by atoms with van der Waals surface area (Å²) in [7, 11) is 2.09. The summed E-state index contributed by atoms with van der Waals surface area (Å²) in [4.78, 5) is 21.4. The first kappa shape index (κ1) is 15.4. The number of aromatic nitrogens is 1. The highest BCUT2D eigenvalue weighted by molar-refractivity contribution is 7.21. The van der Waals surface area contributed by atoms with Crippen LogP contribution in [0.15, 0.2) is 40.8 Å². The summed E-state index contributed by atoms with van der Waals surface area (Å²) in [6.07, 6.45) is 0.994. The lowest BCUT2D eigenvalue weighted by Gasteiger charge is -2.19. The van der Waals surface area contributed by atoms with Crippen molar-refractivity contribution >= 4 is 27.5 Å². The van der Waals surface area contributed by atoms with Crippen LogP contribution in [-0.4, -0.2) is 53.9 Å². The third-order valence-electron chi connectivity index (χ3n) is 4.33. The number of benzene rings is 1. The van der Waals surface area contributed by atoms with E-state index in [2.05, 4.69) is 16.9 Å². The lowest BCUT2D eigenvalue weighted by atomic mass is 10.3. The topological polar surface area (TPSA) is 49.6 Å². The minimum atomic E-state index is -0.0299. The van der Waals surface area contributed by atoms with Gasteiger partial charge in [0.25, 0.3) is 5.91 Å². The lowest BCUT2D eigenvalue weighted by molar-refractivity contribution is 0.0732. The Morgan fingerprint density at radius 1 is 1.12 bits per heavy atom. The normalized spacial score (nSPS) is 16.5. The Morgan fingerprint density at radius 2 is 2.00 bits per heavy atom. The number of carbonyl (C=O) groups excluding carboxylic acids is 1. The van der Waals surface area contributed by atoms with Crippen LogP contribution in [0.2, 0.25) is 0 Å². The lowest BCUT2D eigenvalue weighted by Crippen LogP contribution is -2.34. The fourth-order valence-corrected chi connectivity index (χ4v) is 3.88. The van der Waals surface area contributed by atoms with Gasteiger partial charge in [-0.2, -0.15) is 0 Å². The summed E-state index contributed by atoms with van der Waals surface area (Å²) in [6, 6.07) is 11.6. The molecule has 6 heteroatoms. The second-order valence-corrected chi connectivity index (χ2v) is 7.13. The Morgan fingerprint density at radius 3 is 2.88 bits per heavy atom.